The lowest BCUT2D eigenvalue weighted by atomic mass is 10.1. The Labute approximate surface area is 155 Å². The van der Waals surface area contributed by atoms with Crippen LogP contribution < -0.4 is 10.2 Å². The van der Waals surface area contributed by atoms with E-state index in [2.05, 4.69) is 5.32 Å². The molecule has 1 aliphatic rings. The number of carbonyl (C=O) groups excluding carboxylic acids is 3. The summed E-state index contributed by atoms with van der Waals surface area (Å²) in [5.41, 5.74) is 1.15. The Morgan fingerprint density at radius 1 is 1.27 bits per heavy atom. The maximum Gasteiger partial charge on any atom is 0.331 e. The maximum absolute atomic E-state index is 12.7. The first-order valence-corrected chi connectivity index (χ1v) is 8.91. The molecule has 26 heavy (non-hydrogen) atoms. The number of ether oxygens (including phenoxy) is 1. The van der Waals surface area contributed by atoms with Gasteiger partial charge in [-0.15, -0.1) is 11.3 Å². The van der Waals surface area contributed by atoms with Crippen molar-refractivity contribution in [2.24, 2.45) is 0 Å². The Hall–Kier alpha value is -2.93. The Balaban J connectivity index is 1.67. The SMILES string of the molecule is Cc1ccc(/C=C/C(=O)O[C@@H](C)C(=O)N2CC(=O)Nc3ccccc32)s1. The van der Waals surface area contributed by atoms with Gasteiger partial charge in [0.05, 0.1) is 11.4 Å². The smallest absolute Gasteiger partial charge is 0.331 e. The minimum atomic E-state index is -1.00. The molecule has 7 heteroatoms. The van der Waals surface area contributed by atoms with Crippen molar-refractivity contribution in [1.29, 1.82) is 0 Å². The van der Waals surface area contributed by atoms with Gasteiger partial charge < -0.3 is 10.1 Å². The first kappa shape index (κ1) is 17.9. The summed E-state index contributed by atoms with van der Waals surface area (Å²) in [5, 5.41) is 2.71. The highest BCUT2D eigenvalue weighted by Crippen LogP contribution is 2.29. The highest BCUT2D eigenvalue weighted by atomic mass is 32.1. The zero-order valence-electron chi connectivity index (χ0n) is 14.4. The second kappa shape index (κ2) is 7.53. The first-order valence-electron chi connectivity index (χ1n) is 8.09. The van der Waals surface area contributed by atoms with Gasteiger partial charge in [0.2, 0.25) is 5.91 Å². The van der Waals surface area contributed by atoms with E-state index in [1.807, 2.05) is 19.1 Å². The number of esters is 1. The van der Waals surface area contributed by atoms with Crippen molar-refractivity contribution in [2.75, 3.05) is 16.8 Å². The number of thiophene rings is 1. The molecule has 0 spiro atoms. The van der Waals surface area contributed by atoms with Crippen LogP contribution in [-0.4, -0.2) is 30.4 Å². The van der Waals surface area contributed by atoms with Crippen molar-refractivity contribution < 1.29 is 19.1 Å². The van der Waals surface area contributed by atoms with Crippen LogP contribution in [0, 0.1) is 6.92 Å². The molecule has 0 bridgehead atoms. The third-order valence-corrected chi connectivity index (χ3v) is 4.79. The lowest BCUT2D eigenvalue weighted by Crippen LogP contribution is -2.46. The van der Waals surface area contributed by atoms with E-state index in [0.717, 1.165) is 9.75 Å². The number of fused-ring (bicyclic) bond motifs is 1. The van der Waals surface area contributed by atoms with Crippen LogP contribution in [0.1, 0.15) is 16.7 Å². The van der Waals surface area contributed by atoms with Crippen molar-refractivity contribution >= 4 is 46.6 Å². The summed E-state index contributed by atoms with van der Waals surface area (Å²) >= 11 is 1.56. The first-order chi connectivity index (χ1) is 12.4. The van der Waals surface area contributed by atoms with E-state index in [4.69, 9.17) is 4.74 Å². The lowest BCUT2D eigenvalue weighted by Gasteiger charge is -2.30. The highest BCUT2D eigenvalue weighted by Gasteiger charge is 2.30. The molecule has 6 nitrogen and oxygen atoms in total. The molecule has 0 saturated carbocycles. The van der Waals surface area contributed by atoms with E-state index >= 15 is 0 Å². The highest BCUT2D eigenvalue weighted by molar-refractivity contribution is 7.12. The number of carbonyl (C=O) groups is 3. The number of hydrogen-bond donors (Lipinski definition) is 1. The van der Waals surface area contributed by atoms with Crippen molar-refractivity contribution in [2.45, 2.75) is 20.0 Å². The van der Waals surface area contributed by atoms with Crippen molar-refractivity contribution in [3.05, 3.63) is 52.2 Å². The van der Waals surface area contributed by atoms with Gasteiger partial charge >= 0.3 is 5.97 Å². The molecule has 1 N–H and O–H groups in total. The fraction of sp³-hybridized carbons (Fsp3) is 0.211. The average Bonchev–Trinajstić information content (AvgIpc) is 3.04. The summed E-state index contributed by atoms with van der Waals surface area (Å²) in [5.74, 6) is -1.34. The molecule has 0 fully saturated rings. The molecule has 0 unspecified atom stereocenters. The molecule has 0 saturated heterocycles. The molecule has 1 aromatic carbocycles. The normalized spacial score (nSPS) is 14.7. The summed E-state index contributed by atoms with van der Waals surface area (Å²) in [6.07, 6.45) is 1.95. The molecular weight excluding hydrogens is 352 g/mol. The largest absolute Gasteiger partial charge is 0.449 e. The number of nitrogens with one attached hydrogen (secondary N) is 1. The molecule has 2 heterocycles. The summed E-state index contributed by atoms with van der Waals surface area (Å²) < 4.78 is 5.20. The number of para-hydroxylation sites is 2. The maximum atomic E-state index is 12.7. The second-order valence-corrected chi connectivity index (χ2v) is 7.17. The fourth-order valence-corrected chi connectivity index (χ4v) is 3.39. The predicted molar refractivity (Wildman–Crippen MR) is 101 cm³/mol. The number of rotatable bonds is 4. The zero-order chi connectivity index (χ0) is 18.7. The predicted octanol–water partition coefficient (Wildman–Crippen LogP) is 2.99. The van der Waals surface area contributed by atoms with Gasteiger partial charge in [-0.3, -0.25) is 14.5 Å². The van der Waals surface area contributed by atoms with Crippen molar-refractivity contribution in [3.63, 3.8) is 0 Å². The number of hydrogen-bond acceptors (Lipinski definition) is 5. The second-order valence-electron chi connectivity index (χ2n) is 5.85. The summed E-state index contributed by atoms with van der Waals surface area (Å²) in [7, 11) is 0. The van der Waals surface area contributed by atoms with E-state index in [1.165, 1.54) is 17.9 Å². The monoisotopic (exact) mass is 370 g/mol. The van der Waals surface area contributed by atoms with Crippen LogP contribution in [0.2, 0.25) is 0 Å². The van der Waals surface area contributed by atoms with Gasteiger partial charge in [0.1, 0.15) is 6.54 Å². The number of nitrogens with zero attached hydrogens (tertiary/aromatic N) is 1. The molecule has 134 valence electrons. The average molecular weight is 370 g/mol. The molecule has 0 aliphatic carbocycles. The molecular formula is C19H18N2O4S. The van der Waals surface area contributed by atoms with Crippen LogP contribution in [0.15, 0.2) is 42.5 Å². The van der Waals surface area contributed by atoms with Gasteiger partial charge in [-0.1, -0.05) is 12.1 Å². The van der Waals surface area contributed by atoms with Crippen LogP contribution >= 0.6 is 11.3 Å². The third-order valence-electron chi connectivity index (χ3n) is 3.82. The quantitative estimate of drug-likeness (QED) is 0.663. The Kier molecular flexibility index (Phi) is 5.18. The van der Waals surface area contributed by atoms with Gasteiger partial charge in [-0.05, 0) is 44.2 Å². The van der Waals surface area contributed by atoms with Crippen molar-refractivity contribution in [3.8, 4) is 0 Å². The number of benzene rings is 1. The standard InChI is InChI=1S/C19H18N2O4S/c1-12-7-8-14(26-12)9-10-18(23)25-13(2)19(24)21-11-17(22)20-15-5-3-4-6-16(15)21/h3-10,13H,11H2,1-2H3,(H,20,22)/b10-9+/t13-/m0/s1. The van der Waals surface area contributed by atoms with E-state index in [-0.39, 0.29) is 12.5 Å². The Bertz CT molecular complexity index is 887. The number of anilines is 2. The molecule has 3 rings (SSSR count). The summed E-state index contributed by atoms with van der Waals surface area (Å²) in [6.45, 7) is 3.37. The molecule has 1 aromatic heterocycles. The minimum absolute atomic E-state index is 0.109. The topological polar surface area (TPSA) is 75.7 Å². The van der Waals surface area contributed by atoms with Crippen LogP contribution in [0.25, 0.3) is 6.08 Å². The fourth-order valence-electron chi connectivity index (χ4n) is 2.61. The van der Waals surface area contributed by atoms with Crippen LogP contribution in [0.5, 0.6) is 0 Å². The van der Waals surface area contributed by atoms with Gasteiger partial charge in [0, 0.05) is 15.8 Å². The number of aryl methyl sites for hydroxylation is 1. The Morgan fingerprint density at radius 2 is 2.04 bits per heavy atom. The Morgan fingerprint density at radius 3 is 2.77 bits per heavy atom. The zero-order valence-corrected chi connectivity index (χ0v) is 15.2. The minimum Gasteiger partial charge on any atom is -0.449 e. The van der Waals surface area contributed by atoms with Gasteiger partial charge in [0.25, 0.3) is 5.91 Å². The van der Waals surface area contributed by atoms with E-state index in [0.29, 0.717) is 11.4 Å². The van der Waals surface area contributed by atoms with Crippen LogP contribution in [0.3, 0.4) is 0 Å². The lowest BCUT2D eigenvalue weighted by molar-refractivity contribution is -0.149. The van der Waals surface area contributed by atoms with Gasteiger partial charge in [-0.2, -0.15) is 0 Å². The van der Waals surface area contributed by atoms with E-state index in [1.54, 1.807) is 41.7 Å². The van der Waals surface area contributed by atoms with Crippen molar-refractivity contribution in [1.82, 2.24) is 0 Å². The van der Waals surface area contributed by atoms with Gasteiger partial charge in [0.15, 0.2) is 6.10 Å². The van der Waals surface area contributed by atoms with Crippen LogP contribution in [-0.2, 0) is 19.1 Å². The molecule has 1 aliphatic heterocycles. The summed E-state index contributed by atoms with van der Waals surface area (Å²) in [6, 6.07) is 10.9. The van der Waals surface area contributed by atoms with Gasteiger partial charge in [-0.25, -0.2) is 4.79 Å². The summed E-state index contributed by atoms with van der Waals surface area (Å²) in [4.78, 5) is 39.9. The molecule has 2 aromatic rings. The van der Waals surface area contributed by atoms with Crippen LogP contribution in [0.4, 0.5) is 11.4 Å². The third kappa shape index (κ3) is 4.00. The number of amides is 2. The molecule has 0 radical (unpaired) electrons. The van der Waals surface area contributed by atoms with E-state index < -0.39 is 18.0 Å². The molecule has 1 atom stereocenters. The molecule has 2 amide bonds. The van der Waals surface area contributed by atoms with E-state index in [9.17, 15) is 14.4 Å².